The van der Waals surface area contributed by atoms with Crippen molar-refractivity contribution in [2.24, 2.45) is 0 Å². The highest BCUT2D eigenvalue weighted by molar-refractivity contribution is 7.84. The van der Waals surface area contributed by atoms with Crippen molar-refractivity contribution in [2.75, 3.05) is 13.1 Å². The fourth-order valence-corrected chi connectivity index (χ4v) is 8.03. The first-order chi connectivity index (χ1) is 19.8. The Morgan fingerprint density at radius 2 is 1.14 bits per heavy atom. The van der Waals surface area contributed by atoms with Gasteiger partial charge in [0.1, 0.15) is 11.0 Å². The van der Waals surface area contributed by atoms with Gasteiger partial charge in [-0.1, -0.05) is 79.9 Å². The number of nitrogens with zero attached hydrogens (tertiary/aromatic N) is 2. The Kier molecular flexibility index (Phi) is 15.5. The van der Waals surface area contributed by atoms with E-state index in [1.807, 2.05) is 58.9 Å². The van der Waals surface area contributed by atoms with Crippen molar-refractivity contribution < 1.29 is 8.42 Å². The zero-order chi connectivity index (χ0) is 31.5. The summed E-state index contributed by atoms with van der Waals surface area (Å²) in [7, 11) is -1.90. The molecule has 8 heteroatoms. The molecule has 2 aliphatic heterocycles. The molecule has 4 nitrogen and oxygen atoms in total. The summed E-state index contributed by atoms with van der Waals surface area (Å²) in [5, 5.41) is 1.53. The van der Waals surface area contributed by atoms with Gasteiger partial charge in [0.05, 0.1) is 20.5 Å². The third kappa shape index (κ3) is 11.8. The van der Waals surface area contributed by atoms with Crippen LogP contribution in [0.15, 0.2) is 60.7 Å². The first kappa shape index (κ1) is 37.2. The second-order valence-electron chi connectivity index (χ2n) is 12.6. The highest BCUT2D eigenvalue weighted by Crippen LogP contribution is 2.28. The van der Waals surface area contributed by atoms with Gasteiger partial charge in [-0.05, 0) is 109 Å². The summed E-state index contributed by atoms with van der Waals surface area (Å²) < 4.78 is 29.3. The van der Waals surface area contributed by atoms with E-state index in [2.05, 4.69) is 65.8 Å². The molecule has 1 fully saturated rings. The lowest BCUT2D eigenvalue weighted by Gasteiger charge is -2.38. The van der Waals surface area contributed by atoms with Crippen molar-refractivity contribution in [1.29, 1.82) is 0 Å². The van der Waals surface area contributed by atoms with E-state index < -0.39 is 22.0 Å². The van der Waals surface area contributed by atoms with Crippen molar-refractivity contribution in [3.8, 4) is 0 Å². The van der Waals surface area contributed by atoms with Crippen LogP contribution in [0.25, 0.3) is 0 Å². The van der Waals surface area contributed by atoms with E-state index in [0.717, 1.165) is 55.2 Å². The lowest BCUT2D eigenvalue weighted by molar-refractivity contribution is 0.258. The standard InChI is InChI=1S/C16H24ClNOS.C16H22ClNOS.C2H6/c2*1-16(2,3)20(19)18-11-5-4-6-15(18)12-13-7-9-14(17)10-8-13;1-2/h7-10,15H,4-6,11-12H2,1-3H3;4-5,7-10,15H,6,11-12H2,1-3H3;1-2H3/t2*15?,20-;/m00./s1. The fourth-order valence-electron chi connectivity index (χ4n) is 4.97. The van der Waals surface area contributed by atoms with Crippen molar-refractivity contribution in [3.63, 3.8) is 0 Å². The van der Waals surface area contributed by atoms with E-state index >= 15 is 0 Å². The molecule has 0 spiro atoms. The Hall–Kier alpha value is -1.02. The van der Waals surface area contributed by atoms with Crippen LogP contribution in [-0.4, -0.2) is 51.7 Å². The summed E-state index contributed by atoms with van der Waals surface area (Å²) in [5.41, 5.74) is 2.52. The summed E-state index contributed by atoms with van der Waals surface area (Å²) in [5.74, 6) is 0. The molecule has 2 aromatic carbocycles. The topological polar surface area (TPSA) is 40.6 Å². The lowest BCUT2D eigenvalue weighted by Crippen LogP contribution is -2.47. The molecule has 0 aliphatic carbocycles. The first-order valence-electron chi connectivity index (χ1n) is 15.3. The Morgan fingerprint density at radius 1 is 0.690 bits per heavy atom. The van der Waals surface area contributed by atoms with Gasteiger partial charge in [0.2, 0.25) is 0 Å². The zero-order valence-corrected chi connectivity index (χ0v) is 30.0. The van der Waals surface area contributed by atoms with Crippen molar-refractivity contribution in [1.82, 2.24) is 8.61 Å². The summed E-state index contributed by atoms with van der Waals surface area (Å²) in [6.45, 7) is 18.0. The van der Waals surface area contributed by atoms with Gasteiger partial charge in [0.15, 0.2) is 0 Å². The number of piperidine rings is 1. The minimum atomic E-state index is -0.976. The van der Waals surface area contributed by atoms with Crippen LogP contribution in [0.3, 0.4) is 0 Å². The first-order valence-corrected chi connectivity index (χ1v) is 18.2. The number of benzene rings is 2. The Labute approximate surface area is 271 Å². The van der Waals surface area contributed by atoms with Crippen molar-refractivity contribution >= 4 is 45.2 Å². The van der Waals surface area contributed by atoms with Crippen molar-refractivity contribution in [2.45, 2.75) is 115 Å². The van der Waals surface area contributed by atoms with Crippen LogP contribution in [0.4, 0.5) is 0 Å². The molecule has 0 aromatic heterocycles. The summed E-state index contributed by atoms with van der Waals surface area (Å²) in [4.78, 5) is 0. The molecular weight excluding hydrogens is 603 g/mol. The third-order valence-corrected chi connectivity index (χ3v) is 11.5. The van der Waals surface area contributed by atoms with Crippen LogP contribution in [0, 0.1) is 0 Å². The second kappa shape index (κ2) is 17.5. The quantitative estimate of drug-likeness (QED) is 0.291. The molecule has 42 heavy (non-hydrogen) atoms. The molecule has 236 valence electrons. The zero-order valence-electron chi connectivity index (χ0n) is 26.9. The third-order valence-electron chi connectivity index (χ3n) is 7.08. The van der Waals surface area contributed by atoms with Crippen LogP contribution in [0.5, 0.6) is 0 Å². The van der Waals surface area contributed by atoms with Gasteiger partial charge in [-0.25, -0.2) is 17.0 Å². The molecule has 0 bridgehead atoms. The van der Waals surface area contributed by atoms with Crippen LogP contribution in [-0.2, 0) is 34.8 Å². The van der Waals surface area contributed by atoms with Crippen LogP contribution in [0.1, 0.15) is 92.2 Å². The molecule has 0 radical (unpaired) electrons. The number of rotatable bonds is 6. The molecule has 1 saturated heterocycles. The second-order valence-corrected chi connectivity index (χ2v) is 17.9. The van der Waals surface area contributed by atoms with Crippen LogP contribution in [0.2, 0.25) is 10.0 Å². The van der Waals surface area contributed by atoms with E-state index in [1.54, 1.807) is 0 Å². The molecule has 4 rings (SSSR count). The van der Waals surface area contributed by atoms with E-state index in [0.29, 0.717) is 12.1 Å². The predicted molar refractivity (Wildman–Crippen MR) is 186 cm³/mol. The maximum absolute atomic E-state index is 12.7. The van der Waals surface area contributed by atoms with E-state index in [1.165, 1.54) is 17.5 Å². The highest BCUT2D eigenvalue weighted by atomic mass is 35.5. The molecule has 0 amide bonds. The molecule has 0 saturated carbocycles. The monoisotopic (exact) mass is 654 g/mol. The molecule has 4 atom stereocenters. The summed E-state index contributed by atoms with van der Waals surface area (Å²) in [6.07, 6.45) is 10.6. The van der Waals surface area contributed by atoms with Gasteiger partial charge in [0.25, 0.3) is 0 Å². The minimum Gasteiger partial charge on any atom is -0.242 e. The predicted octanol–water partition coefficient (Wildman–Crippen LogP) is 9.20. The number of hydrogen-bond acceptors (Lipinski definition) is 2. The largest absolute Gasteiger partial charge is 0.242 e. The van der Waals surface area contributed by atoms with Gasteiger partial charge in [-0.15, -0.1) is 0 Å². The van der Waals surface area contributed by atoms with Gasteiger partial charge in [-0.2, -0.15) is 0 Å². The normalized spacial score (nSPS) is 21.4. The average Bonchev–Trinajstić information content (AvgIpc) is 2.96. The van der Waals surface area contributed by atoms with E-state index in [4.69, 9.17) is 23.2 Å². The maximum atomic E-state index is 12.7. The molecular formula is C34H52Cl2N2O2S2. The van der Waals surface area contributed by atoms with Crippen molar-refractivity contribution in [3.05, 3.63) is 81.9 Å². The molecule has 2 heterocycles. The van der Waals surface area contributed by atoms with Gasteiger partial charge in [-0.3, -0.25) is 0 Å². The summed E-state index contributed by atoms with van der Waals surface area (Å²) >= 11 is 11.9. The molecule has 2 aliphatic rings. The Balaban J connectivity index is 0.000000277. The minimum absolute atomic E-state index is 0.185. The fraction of sp³-hybridized carbons (Fsp3) is 0.588. The number of hydrogen-bond donors (Lipinski definition) is 0. The highest BCUT2D eigenvalue weighted by Gasteiger charge is 2.33. The molecule has 0 N–H and O–H groups in total. The van der Waals surface area contributed by atoms with Crippen LogP contribution < -0.4 is 0 Å². The van der Waals surface area contributed by atoms with Gasteiger partial charge >= 0.3 is 0 Å². The van der Waals surface area contributed by atoms with Gasteiger partial charge in [0, 0.05) is 35.2 Å². The smallest absolute Gasteiger partial charge is 0.100 e. The Bertz CT molecular complexity index is 1160. The maximum Gasteiger partial charge on any atom is 0.100 e. The van der Waals surface area contributed by atoms with E-state index in [-0.39, 0.29) is 9.49 Å². The van der Waals surface area contributed by atoms with E-state index in [9.17, 15) is 8.42 Å². The molecule has 2 unspecified atom stereocenters. The SMILES string of the molecule is CC.CC(C)(C)[S@](=O)N1CC=CCC1Cc1ccc(Cl)cc1.CC(C)(C)[S@](=O)N1CCCCC1Cc1ccc(Cl)cc1. The number of halogens is 2. The lowest BCUT2D eigenvalue weighted by atomic mass is 9.98. The molecule has 2 aromatic rings. The Morgan fingerprint density at radius 3 is 1.62 bits per heavy atom. The van der Waals surface area contributed by atoms with Crippen LogP contribution >= 0.6 is 23.2 Å². The van der Waals surface area contributed by atoms with Gasteiger partial charge < -0.3 is 0 Å². The summed E-state index contributed by atoms with van der Waals surface area (Å²) in [6, 6.07) is 16.6. The average molecular weight is 656 g/mol.